The molecule has 26 heavy (non-hydrogen) atoms. The van der Waals surface area contributed by atoms with Gasteiger partial charge in [0.15, 0.2) is 5.65 Å². The Bertz CT molecular complexity index is 936. The number of amides is 2. The maximum atomic E-state index is 12.4. The highest BCUT2D eigenvalue weighted by Crippen LogP contribution is 2.26. The number of anilines is 1. The molecule has 0 spiro atoms. The second-order valence-corrected chi connectivity index (χ2v) is 6.59. The van der Waals surface area contributed by atoms with E-state index in [-0.39, 0.29) is 30.7 Å². The van der Waals surface area contributed by atoms with Gasteiger partial charge in [0.25, 0.3) is 0 Å². The zero-order valence-corrected chi connectivity index (χ0v) is 14.5. The Kier molecular flexibility index (Phi) is 4.30. The fourth-order valence-corrected chi connectivity index (χ4v) is 3.17. The number of fused-ring (bicyclic) bond motifs is 1. The van der Waals surface area contributed by atoms with Crippen LogP contribution in [0.25, 0.3) is 11.2 Å². The van der Waals surface area contributed by atoms with Gasteiger partial charge in [0, 0.05) is 29.9 Å². The van der Waals surface area contributed by atoms with E-state index >= 15 is 0 Å². The van der Waals surface area contributed by atoms with Crippen molar-refractivity contribution in [2.45, 2.75) is 13.0 Å². The van der Waals surface area contributed by atoms with Crippen LogP contribution < -0.4 is 10.2 Å². The van der Waals surface area contributed by atoms with E-state index in [9.17, 15) is 9.59 Å². The number of nitrogens with zero attached hydrogens (tertiary/aromatic N) is 3. The second kappa shape index (κ2) is 6.76. The lowest BCUT2D eigenvalue weighted by Gasteiger charge is -2.16. The van der Waals surface area contributed by atoms with Gasteiger partial charge in [-0.05, 0) is 36.4 Å². The fraction of sp³-hybridized carbons (Fsp3) is 0.222. The van der Waals surface area contributed by atoms with E-state index < -0.39 is 0 Å². The summed E-state index contributed by atoms with van der Waals surface area (Å²) in [5, 5.41) is 3.45. The van der Waals surface area contributed by atoms with Crippen molar-refractivity contribution in [1.29, 1.82) is 0 Å². The molecule has 0 aliphatic carbocycles. The average Bonchev–Trinajstić information content (AvgIpc) is 3.23. The Morgan fingerprint density at radius 2 is 2.12 bits per heavy atom. The Morgan fingerprint density at radius 3 is 2.88 bits per heavy atom. The molecule has 3 aromatic rings. The number of benzene rings is 1. The molecule has 0 saturated carbocycles. The SMILES string of the molecule is O=C(NCc1nc2ncccc2[nH]1)C1CC(=O)N(c2ccc(Cl)cc2)C1. The van der Waals surface area contributed by atoms with Crippen LogP contribution in [0.4, 0.5) is 5.69 Å². The normalized spacial score (nSPS) is 17.0. The largest absolute Gasteiger partial charge is 0.349 e. The minimum atomic E-state index is -0.388. The monoisotopic (exact) mass is 369 g/mol. The first-order valence-electron chi connectivity index (χ1n) is 8.23. The number of aromatic nitrogens is 3. The fourth-order valence-electron chi connectivity index (χ4n) is 3.05. The third kappa shape index (κ3) is 3.25. The third-order valence-corrected chi connectivity index (χ3v) is 4.62. The van der Waals surface area contributed by atoms with Crippen molar-refractivity contribution in [3.8, 4) is 0 Å². The standard InChI is InChI=1S/C18H16ClN5O2/c19-12-3-5-13(6-4-12)24-10-11(8-16(24)25)18(26)21-9-15-22-14-2-1-7-20-17(14)23-15/h1-7,11H,8-10H2,(H,21,26)(H,20,22,23). The quantitative estimate of drug-likeness (QED) is 0.738. The predicted octanol–water partition coefficient (Wildman–Crippen LogP) is 2.28. The van der Waals surface area contributed by atoms with Crippen LogP contribution in [-0.2, 0) is 16.1 Å². The Balaban J connectivity index is 1.39. The lowest BCUT2D eigenvalue weighted by molar-refractivity contribution is -0.126. The summed E-state index contributed by atoms with van der Waals surface area (Å²) in [6.07, 6.45) is 1.86. The van der Waals surface area contributed by atoms with Gasteiger partial charge in [0.1, 0.15) is 5.82 Å². The number of carbonyl (C=O) groups is 2. The van der Waals surface area contributed by atoms with E-state index in [4.69, 9.17) is 11.6 Å². The summed E-state index contributed by atoms with van der Waals surface area (Å²) < 4.78 is 0. The summed E-state index contributed by atoms with van der Waals surface area (Å²) in [5.41, 5.74) is 2.18. The number of rotatable bonds is 4. The Morgan fingerprint density at radius 1 is 1.31 bits per heavy atom. The van der Waals surface area contributed by atoms with Crippen molar-refractivity contribution in [2.24, 2.45) is 5.92 Å². The highest BCUT2D eigenvalue weighted by atomic mass is 35.5. The molecule has 0 radical (unpaired) electrons. The highest BCUT2D eigenvalue weighted by molar-refractivity contribution is 6.30. The second-order valence-electron chi connectivity index (χ2n) is 6.16. The van der Waals surface area contributed by atoms with Crippen LogP contribution in [-0.4, -0.2) is 33.3 Å². The van der Waals surface area contributed by atoms with E-state index in [1.165, 1.54) is 0 Å². The zero-order valence-electron chi connectivity index (χ0n) is 13.8. The average molecular weight is 370 g/mol. The first-order chi connectivity index (χ1) is 12.6. The molecule has 2 aromatic heterocycles. The lowest BCUT2D eigenvalue weighted by Crippen LogP contribution is -2.32. The molecule has 8 heteroatoms. The van der Waals surface area contributed by atoms with E-state index in [1.807, 2.05) is 12.1 Å². The molecule has 2 amide bonds. The highest BCUT2D eigenvalue weighted by Gasteiger charge is 2.35. The van der Waals surface area contributed by atoms with E-state index in [1.54, 1.807) is 35.4 Å². The number of pyridine rings is 1. The van der Waals surface area contributed by atoms with Crippen molar-refractivity contribution in [3.05, 3.63) is 53.4 Å². The number of imidazole rings is 1. The summed E-state index contributed by atoms with van der Waals surface area (Å²) in [6.45, 7) is 0.620. The molecular formula is C18H16ClN5O2. The van der Waals surface area contributed by atoms with Crippen LogP contribution in [0, 0.1) is 5.92 Å². The number of hydrogen-bond donors (Lipinski definition) is 2. The van der Waals surface area contributed by atoms with Crippen molar-refractivity contribution in [1.82, 2.24) is 20.3 Å². The van der Waals surface area contributed by atoms with Crippen LogP contribution in [0.1, 0.15) is 12.2 Å². The number of carbonyl (C=O) groups excluding carboxylic acids is 2. The first-order valence-corrected chi connectivity index (χ1v) is 8.61. The van der Waals surface area contributed by atoms with Gasteiger partial charge in [0.2, 0.25) is 11.8 Å². The molecule has 1 aromatic carbocycles. The van der Waals surface area contributed by atoms with Crippen molar-refractivity contribution < 1.29 is 9.59 Å². The Hall–Kier alpha value is -2.93. The smallest absolute Gasteiger partial charge is 0.227 e. The summed E-state index contributed by atoms with van der Waals surface area (Å²) in [6, 6.07) is 10.7. The molecule has 132 valence electrons. The first kappa shape index (κ1) is 16.5. The van der Waals surface area contributed by atoms with Crippen LogP contribution in [0.15, 0.2) is 42.6 Å². The number of halogens is 1. The number of hydrogen-bond acceptors (Lipinski definition) is 4. The predicted molar refractivity (Wildman–Crippen MR) is 97.6 cm³/mol. The van der Waals surface area contributed by atoms with Gasteiger partial charge in [-0.3, -0.25) is 9.59 Å². The van der Waals surface area contributed by atoms with E-state index in [2.05, 4.69) is 20.3 Å². The third-order valence-electron chi connectivity index (χ3n) is 4.37. The topological polar surface area (TPSA) is 91.0 Å². The summed E-state index contributed by atoms with van der Waals surface area (Å²) in [4.78, 5) is 37.9. The zero-order chi connectivity index (χ0) is 18.1. The lowest BCUT2D eigenvalue weighted by atomic mass is 10.1. The molecule has 1 fully saturated rings. The van der Waals surface area contributed by atoms with E-state index in [0.717, 1.165) is 11.2 Å². The van der Waals surface area contributed by atoms with Gasteiger partial charge < -0.3 is 15.2 Å². The van der Waals surface area contributed by atoms with Crippen LogP contribution in [0.5, 0.6) is 0 Å². The molecule has 1 unspecified atom stereocenters. The van der Waals surface area contributed by atoms with Gasteiger partial charge in [-0.2, -0.15) is 0 Å². The van der Waals surface area contributed by atoms with Gasteiger partial charge >= 0.3 is 0 Å². The minimum absolute atomic E-state index is 0.0691. The molecule has 4 rings (SSSR count). The van der Waals surface area contributed by atoms with Crippen molar-refractivity contribution in [3.63, 3.8) is 0 Å². The molecule has 1 aliphatic rings. The molecule has 3 heterocycles. The molecule has 1 saturated heterocycles. The Labute approximate surface area is 154 Å². The number of aromatic amines is 1. The van der Waals surface area contributed by atoms with Crippen molar-refractivity contribution >= 4 is 40.3 Å². The molecule has 1 atom stereocenters. The summed E-state index contributed by atoms with van der Waals surface area (Å²) in [7, 11) is 0. The van der Waals surface area contributed by atoms with Gasteiger partial charge in [0.05, 0.1) is 18.0 Å². The summed E-state index contributed by atoms with van der Waals surface area (Å²) >= 11 is 5.88. The van der Waals surface area contributed by atoms with Crippen LogP contribution in [0.3, 0.4) is 0 Å². The maximum absolute atomic E-state index is 12.4. The van der Waals surface area contributed by atoms with Gasteiger partial charge in [-0.15, -0.1) is 0 Å². The van der Waals surface area contributed by atoms with Crippen molar-refractivity contribution in [2.75, 3.05) is 11.4 Å². The minimum Gasteiger partial charge on any atom is -0.349 e. The van der Waals surface area contributed by atoms with Gasteiger partial charge in [-0.1, -0.05) is 11.6 Å². The number of nitrogens with one attached hydrogen (secondary N) is 2. The van der Waals surface area contributed by atoms with Crippen LogP contribution >= 0.6 is 11.6 Å². The van der Waals surface area contributed by atoms with Crippen LogP contribution in [0.2, 0.25) is 5.02 Å². The molecule has 0 bridgehead atoms. The molecule has 1 aliphatic heterocycles. The maximum Gasteiger partial charge on any atom is 0.227 e. The summed E-state index contributed by atoms with van der Waals surface area (Å²) in [5.74, 6) is 0.00949. The van der Waals surface area contributed by atoms with E-state index in [0.29, 0.717) is 23.0 Å². The molecule has 2 N–H and O–H groups in total. The molecular weight excluding hydrogens is 354 g/mol. The van der Waals surface area contributed by atoms with Gasteiger partial charge in [-0.25, -0.2) is 9.97 Å². The number of H-pyrrole nitrogens is 1. The molecule has 7 nitrogen and oxygen atoms in total.